The lowest BCUT2D eigenvalue weighted by Gasteiger charge is -2.32. The van der Waals surface area contributed by atoms with Crippen LogP contribution in [0.3, 0.4) is 0 Å². The highest BCUT2D eigenvalue weighted by Crippen LogP contribution is 2.34. The van der Waals surface area contributed by atoms with E-state index in [1.165, 1.54) is 0 Å². The summed E-state index contributed by atoms with van der Waals surface area (Å²) in [6.45, 7) is 2.32. The number of hydrogen-bond acceptors (Lipinski definition) is 3. The van der Waals surface area contributed by atoms with Gasteiger partial charge in [-0.25, -0.2) is 0 Å². The van der Waals surface area contributed by atoms with E-state index in [1.807, 2.05) is 19.1 Å². The van der Waals surface area contributed by atoms with Gasteiger partial charge in [0.2, 0.25) is 5.91 Å². The highest BCUT2D eigenvalue weighted by Gasteiger charge is 2.46. The molecule has 0 radical (unpaired) electrons. The number of rotatable bonds is 1. The molecular formula is C15H19N3O2. The van der Waals surface area contributed by atoms with Crippen molar-refractivity contribution in [2.45, 2.75) is 44.6 Å². The van der Waals surface area contributed by atoms with Crippen molar-refractivity contribution in [2.24, 2.45) is 0 Å². The molecule has 1 N–H and O–H groups in total. The topological polar surface area (TPSA) is 62.3 Å². The zero-order valence-electron chi connectivity index (χ0n) is 11.7. The van der Waals surface area contributed by atoms with Crippen LogP contribution in [0.5, 0.6) is 0 Å². The summed E-state index contributed by atoms with van der Waals surface area (Å²) in [5, 5.41) is 2.97. The number of carbonyl (C=O) groups is 2. The first-order valence-electron chi connectivity index (χ1n) is 7.17. The Balaban J connectivity index is 2.00. The minimum absolute atomic E-state index is 0.0238. The van der Waals surface area contributed by atoms with Gasteiger partial charge in [-0.05, 0) is 31.9 Å². The molecule has 3 rings (SSSR count). The Hall–Kier alpha value is -1.91. The fourth-order valence-corrected chi connectivity index (χ4v) is 3.26. The Kier molecular flexibility index (Phi) is 3.20. The molecule has 2 aliphatic rings. The predicted octanol–water partition coefficient (Wildman–Crippen LogP) is 1.56. The van der Waals surface area contributed by atoms with Gasteiger partial charge in [0.15, 0.2) is 0 Å². The summed E-state index contributed by atoms with van der Waals surface area (Å²) in [5.41, 5.74) is 0.958. The van der Waals surface area contributed by atoms with Gasteiger partial charge in [-0.2, -0.15) is 0 Å². The molecule has 1 aliphatic carbocycles. The average molecular weight is 273 g/mol. The maximum atomic E-state index is 13.0. The van der Waals surface area contributed by atoms with Crippen molar-refractivity contribution in [3.05, 3.63) is 24.0 Å². The minimum atomic E-state index is -0.685. The van der Waals surface area contributed by atoms with Crippen molar-refractivity contribution < 1.29 is 9.59 Å². The van der Waals surface area contributed by atoms with Crippen molar-refractivity contribution in [1.29, 1.82) is 0 Å². The van der Waals surface area contributed by atoms with Crippen LogP contribution in [0.2, 0.25) is 0 Å². The van der Waals surface area contributed by atoms with Gasteiger partial charge >= 0.3 is 0 Å². The summed E-state index contributed by atoms with van der Waals surface area (Å²) in [4.78, 5) is 30.9. The van der Waals surface area contributed by atoms with Crippen LogP contribution in [-0.2, 0) is 9.59 Å². The molecule has 0 unspecified atom stereocenters. The number of aromatic nitrogens is 1. The zero-order chi connectivity index (χ0) is 14.2. The maximum absolute atomic E-state index is 13.0. The summed E-state index contributed by atoms with van der Waals surface area (Å²) < 4.78 is 0. The van der Waals surface area contributed by atoms with Gasteiger partial charge in [0.05, 0.1) is 11.4 Å². The molecule has 5 nitrogen and oxygen atoms in total. The second kappa shape index (κ2) is 4.89. The Morgan fingerprint density at radius 1 is 1.30 bits per heavy atom. The largest absolute Gasteiger partial charge is 0.342 e. The van der Waals surface area contributed by atoms with Crippen LogP contribution in [0, 0.1) is 6.92 Å². The molecule has 1 saturated carbocycles. The Morgan fingerprint density at radius 2 is 2.05 bits per heavy atom. The molecule has 1 aromatic heterocycles. The van der Waals surface area contributed by atoms with Gasteiger partial charge in [0.25, 0.3) is 5.91 Å². The van der Waals surface area contributed by atoms with Crippen LogP contribution in [-0.4, -0.2) is 28.9 Å². The average Bonchev–Trinajstić information content (AvgIpc) is 2.85. The molecule has 0 atom stereocenters. The van der Waals surface area contributed by atoms with E-state index in [4.69, 9.17) is 0 Å². The van der Waals surface area contributed by atoms with Crippen molar-refractivity contribution in [3.63, 3.8) is 0 Å². The number of anilines is 1. The summed E-state index contributed by atoms with van der Waals surface area (Å²) in [6.07, 6.45) is 5.54. The first-order valence-corrected chi connectivity index (χ1v) is 7.17. The second-order valence-corrected chi connectivity index (χ2v) is 5.65. The quantitative estimate of drug-likeness (QED) is 0.844. The lowest BCUT2D eigenvalue weighted by molar-refractivity contribution is -0.129. The molecular weight excluding hydrogens is 254 g/mol. The maximum Gasteiger partial charge on any atom is 0.252 e. The fraction of sp³-hybridized carbons (Fsp3) is 0.533. The van der Waals surface area contributed by atoms with Gasteiger partial charge in [0.1, 0.15) is 5.54 Å². The van der Waals surface area contributed by atoms with E-state index in [1.54, 1.807) is 11.1 Å². The molecule has 20 heavy (non-hydrogen) atoms. The third-order valence-electron chi connectivity index (χ3n) is 4.32. The molecule has 1 aromatic rings. The van der Waals surface area contributed by atoms with Crippen molar-refractivity contribution in [1.82, 2.24) is 10.3 Å². The number of pyridine rings is 1. The van der Waals surface area contributed by atoms with Crippen LogP contribution in [0.15, 0.2) is 18.3 Å². The van der Waals surface area contributed by atoms with Gasteiger partial charge in [0, 0.05) is 19.2 Å². The molecule has 0 bridgehead atoms. The number of nitrogens with one attached hydrogen (secondary N) is 1. The van der Waals surface area contributed by atoms with E-state index in [9.17, 15) is 9.59 Å². The third-order valence-corrected chi connectivity index (χ3v) is 4.32. The Bertz CT molecular complexity index is 550. The van der Waals surface area contributed by atoms with Gasteiger partial charge in [-0.1, -0.05) is 12.8 Å². The third kappa shape index (κ3) is 2.07. The second-order valence-electron chi connectivity index (χ2n) is 5.65. The summed E-state index contributed by atoms with van der Waals surface area (Å²) in [5.74, 6) is 0.00115. The monoisotopic (exact) mass is 273 g/mol. The predicted molar refractivity (Wildman–Crippen MR) is 75.3 cm³/mol. The highest BCUT2D eigenvalue weighted by molar-refractivity contribution is 6.04. The van der Waals surface area contributed by atoms with Crippen LogP contribution in [0.4, 0.5) is 5.69 Å². The van der Waals surface area contributed by atoms with Crippen molar-refractivity contribution in [2.75, 3.05) is 11.4 Å². The van der Waals surface area contributed by atoms with E-state index in [-0.39, 0.29) is 11.8 Å². The molecule has 2 heterocycles. The first kappa shape index (κ1) is 13.1. The lowest BCUT2D eigenvalue weighted by Crippen LogP contribution is -2.55. The molecule has 1 aliphatic heterocycles. The summed E-state index contributed by atoms with van der Waals surface area (Å²) in [7, 11) is 0. The normalized spacial score (nSPS) is 21.9. The van der Waals surface area contributed by atoms with E-state index in [2.05, 4.69) is 10.3 Å². The summed E-state index contributed by atoms with van der Waals surface area (Å²) in [6, 6.07) is 3.73. The summed E-state index contributed by atoms with van der Waals surface area (Å²) >= 11 is 0. The molecule has 106 valence electrons. The fourth-order valence-electron chi connectivity index (χ4n) is 3.26. The Labute approximate surface area is 118 Å². The van der Waals surface area contributed by atoms with Crippen LogP contribution < -0.4 is 10.2 Å². The Morgan fingerprint density at radius 3 is 2.75 bits per heavy atom. The SMILES string of the molecule is Cc1ncccc1N1CCC(=O)NC2(CCCC2)C1=O. The number of amides is 2. The van der Waals surface area contributed by atoms with E-state index >= 15 is 0 Å². The van der Waals surface area contributed by atoms with Gasteiger partial charge in [-0.15, -0.1) is 0 Å². The number of hydrogen-bond donors (Lipinski definition) is 1. The van der Waals surface area contributed by atoms with Crippen molar-refractivity contribution in [3.8, 4) is 0 Å². The van der Waals surface area contributed by atoms with Crippen LogP contribution in [0.25, 0.3) is 0 Å². The smallest absolute Gasteiger partial charge is 0.252 e. The molecule has 5 heteroatoms. The standard InChI is InChI=1S/C15H19N3O2/c1-11-12(5-4-9-16-11)18-10-6-13(19)17-15(14(18)20)7-2-3-8-15/h4-5,9H,2-3,6-8,10H2,1H3,(H,17,19). The first-order chi connectivity index (χ1) is 9.62. The molecule has 1 spiro atoms. The zero-order valence-corrected chi connectivity index (χ0v) is 11.7. The number of carbonyl (C=O) groups excluding carboxylic acids is 2. The van der Waals surface area contributed by atoms with Gasteiger partial charge in [-0.3, -0.25) is 14.6 Å². The lowest BCUT2D eigenvalue weighted by atomic mass is 9.95. The highest BCUT2D eigenvalue weighted by atomic mass is 16.2. The van der Waals surface area contributed by atoms with Crippen LogP contribution in [0.1, 0.15) is 37.8 Å². The van der Waals surface area contributed by atoms with E-state index < -0.39 is 5.54 Å². The molecule has 2 amide bonds. The number of nitrogens with zero attached hydrogens (tertiary/aromatic N) is 2. The number of aryl methyl sites for hydroxylation is 1. The van der Waals surface area contributed by atoms with Gasteiger partial charge < -0.3 is 10.2 Å². The molecule has 1 saturated heterocycles. The van der Waals surface area contributed by atoms with Crippen molar-refractivity contribution >= 4 is 17.5 Å². The minimum Gasteiger partial charge on any atom is -0.342 e. The van der Waals surface area contributed by atoms with E-state index in [0.29, 0.717) is 13.0 Å². The van der Waals surface area contributed by atoms with Crippen LogP contribution >= 0.6 is 0 Å². The van der Waals surface area contributed by atoms with E-state index in [0.717, 1.165) is 37.1 Å². The molecule has 0 aromatic carbocycles. The molecule has 2 fully saturated rings.